The fourth-order valence-corrected chi connectivity index (χ4v) is 6.73. The van der Waals surface area contributed by atoms with Crippen LogP contribution in [0.2, 0.25) is 0 Å². The average molecular weight is 667 g/mol. The summed E-state index contributed by atoms with van der Waals surface area (Å²) in [4.78, 5) is 37.7. The molecule has 3 rings (SSSR count). The maximum absolute atomic E-state index is 13.8. The van der Waals surface area contributed by atoms with E-state index in [0.717, 1.165) is 11.1 Å². The summed E-state index contributed by atoms with van der Waals surface area (Å²) in [7, 11) is -2.67. The molecule has 0 bridgehead atoms. The van der Waals surface area contributed by atoms with E-state index in [4.69, 9.17) is 15.2 Å². The molecule has 254 valence electrons. The van der Waals surface area contributed by atoms with E-state index in [-0.39, 0.29) is 24.0 Å². The lowest BCUT2D eigenvalue weighted by Crippen LogP contribution is -2.54. The van der Waals surface area contributed by atoms with Crippen molar-refractivity contribution in [2.75, 3.05) is 19.5 Å². The van der Waals surface area contributed by atoms with Crippen LogP contribution in [0.5, 0.6) is 0 Å². The molecule has 0 radical (unpaired) electrons. The van der Waals surface area contributed by atoms with E-state index in [0.29, 0.717) is 18.5 Å². The maximum Gasteiger partial charge on any atom is 0.407 e. The summed E-state index contributed by atoms with van der Waals surface area (Å²) in [6.45, 7) is 6.64. The summed E-state index contributed by atoms with van der Waals surface area (Å²) < 4.78 is 37.0. The van der Waals surface area contributed by atoms with Gasteiger partial charge in [-0.3, -0.25) is 14.9 Å². The zero-order chi connectivity index (χ0) is 34.6. The molecule has 0 fully saturated rings. The van der Waals surface area contributed by atoms with Crippen LogP contribution in [0.15, 0.2) is 89.8 Å². The first-order valence-corrected chi connectivity index (χ1v) is 17.1. The van der Waals surface area contributed by atoms with Gasteiger partial charge in [0.1, 0.15) is 17.0 Å². The van der Waals surface area contributed by atoms with E-state index in [1.54, 1.807) is 6.92 Å². The second kappa shape index (κ2) is 16.9. The summed E-state index contributed by atoms with van der Waals surface area (Å²) in [5.41, 5.74) is 7.84. The minimum absolute atomic E-state index is 0.0718. The van der Waals surface area contributed by atoms with E-state index >= 15 is 0 Å². The lowest BCUT2D eigenvalue weighted by atomic mass is 9.84. The van der Waals surface area contributed by atoms with Gasteiger partial charge in [0.15, 0.2) is 9.84 Å². The van der Waals surface area contributed by atoms with Crippen molar-refractivity contribution in [1.29, 1.82) is 0 Å². The molecule has 0 saturated heterocycles. The number of nitrogen functional groups attached to an aromatic ring is 1. The first-order chi connectivity index (χ1) is 22.3. The molecular weight excluding hydrogens is 620 g/mol. The summed E-state index contributed by atoms with van der Waals surface area (Å²) in [5.74, 6) is -1.48. The van der Waals surface area contributed by atoms with Crippen LogP contribution in [0.1, 0.15) is 64.0 Å². The van der Waals surface area contributed by atoms with E-state index < -0.39 is 50.7 Å². The third kappa shape index (κ3) is 10.0. The largest absolute Gasteiger partial charge is 0.465 e. The Hall–Kier alpha value is -4.42. The predicted molar refractivity (Wildman–Crippen MR) is 181 cm³/mol. The van der Waals surface area contributed by atoms with Crippen molar-refractivity contribution < 1.29 is 32.3 Å². The highest BCUT2D eigenvalue weighted by Gasteiger charge is 2.39. The van der Waals surface area contributed by atoms with Crippen molar-refractivity contribution in [2.24, 2.45) is 0 Å². The highest BCUT2D eigenvalue weighted by atomic mass is 32.2. The predicted octanol–water partition coefficient (Wildman–Crippen LogP) is 4.53. The van der Waals surface area contributed by atoms with Gasteiger partial charge in [-0.2, -0.15) is 0 Å². The molecule has 47 heavy (non-hydrogen) atoms. The molecule has 0 spiro atoms. The number of benzene rings is 3. The number of sulfone groups is 1. The van der Waals surface area contributed by atoms with E-state index in [1.807, 2.05) is 67.6 Å². The Balaban J connectivity index is 1.74. The van der Waals surface area contributed by atoms with E-state index in [9.17, 15) is 22.8 Å². The van der Waals surface area contributed by atoms with Crippen LogP contribution in [-0.2, 0) is 28.9 Å². The number of esters is 1. The summed E-state index contributed by atoms with van der Waals surface area (Å²) in [5, 5.41) is 8.73. The normalized spacial score (nSPS) is 13.7. The zero-order valence-electron chi connectivity index (χ0n) is 27.6. The van der Waals surface area contributed by atoms with Crippen LogP contribution >= 0.6 is 0 Å². The Bertz CT molecular complexity index is 1530. The van der Waals surface area contributed by atoms with Crippen molar-refractivity contribution in [1.82, 2.24) is 16.0 Å². The Morgan fingerprint density at radius 2 is 1.40 bits per heavy atom. The first kappa shape index (κ1) is 37.0. The molecule has 11 nitrogen and oxygen atoms in total. The van der Waals surface area contributed by atoms with Gasteiger partial charge in [0.25, 0.3) is 0 Å². The lowest BCUT2D eigenvalue weighted by Gasteiger charge is -2.31. The van der Waals surface area contributed by atoms with E-state index in [2.05, 4.69) is 16.0 Å². The number of ether oxygens (including phenoxy) is 2. The topological polar surface area (TPSA) is 166 Å². The number of nitrogens with two attached hydrogens (primary N) is 1. The van der Waals surface area contributed by atoms with Crippen molar-refractivity contribution in [3.05, 3.63) is 96.1 Å². The second-order valence-electron chi connectivity index (χ2n) is 11.8. The number of nitrogens with one attached hydrogen (secondary N) is 3. The SMILES string of the molecule is CCOC(=O)[C@H](CCC[C@H](C)NC(=O)[C@@H](NC(=O)OC)C(c1ccccc1)c1ccccc1)NC(C)(C)S(=O)(=O)c1ccc(N)cc1. The third-order valence-electron chi connectivity index (χ3n) is 7.87. The number of amides is 2. The van der Waals surface area contributed by atoms with Gasteiger partial charge in [-0.1, -0.05) is 60.7 Å². The third-order valence-corrected chi connectivity index (χ3v) is 10.2. The van der Waals surface area contributed by atoms with Gasteiger partial charge in [-0.25, -0.2) is 13.2 Å². The van der Waals surface area contributed by atoms with Gasteiger partial charge in [0.05, 0.1) is 18.6 Å². The molecule has 0 heterocycles. The van der Waals surface area contributed by atoms with Crippen molar-refractivity contribution >= 4 is 33.5 Å². The molecule has 12 heteroatoms. The molecule has 0 unspecified atom stereocenters. The summed E-state index contributed by atoms with van der Waals surface area (Å²) in [6, 6.07) is 22.4. The standard InChI is InChI=1S/C35H46N4O7S/c1-6-46-33(41)29(39-35(3,4)47(43,44)28-22-20-27(36)21-23-28)19-13-14-24(2)37-32(40)31(38-34(42)45-5)30(25-15-9-7-10-16-25)26-17-11-8-12-18-26/h7-12,15-18,20-24,29-31,39H,6,13-14,19,36H2,1-5H3,(H,37,40)(H,38,42)/t24-,29-,31-/m0/s1. The minimum Gasteiger partial charge on any atom is -0.465 e. The van der Waals surface area contributed by atoms with Crippen LogP contribution in [0.4, 0.5) is 10.5 Å². The summed E-state index contributed by atoms with van der Waals surface area (Å²) in [6.07, 6.45) is 0.418. The molecule has 0 saturated carbocycles. The van der Waals surface area contributed by atoms with Gasteiger partial charge >= 0.3 is 12.1 Å². The van der Waals surface area contributed by atoms with E-state index in [1.165, 1.54) is 45.2 Å². The number of rotatable bonds is 16. The Morgan fingerprint density at radius 3 is 1.91 bits per heavy atom. The number of methoxy groups -OCH3 is 1. The molecule has 0 aliphatic rings. The number of carbonyl (C=O) groups is 3. The highest BCUT2D eigenvalue weighted by Crippen LogP contribution is 2.29. The van der Waals surface area contributed by atoms with Crippen LogP contribution in [0.25, 0.3) is 0 Å². The smallest absolute Gasteiger partial charge is 0.407 e. The first-order valence-electron chi connectivity index (χ1n) is 15.6. The van der Waals surface area contributed by atoms with Crippen molar-refractivity contribution in [3.63, 3.8) is 0 Å². The molecule has 0 aromatic heterocycles. The number of hydrogen-bond acceptors (Lipinski definition) is 9. The van der Waals surface area contributed by atoms with Gasteiger partial charge in [-0.05, 0) is 82.3 Å². The van der Waals surface area contributed by atoms with Gasteiger partial charge < -0.3 is 25.8 Å². The highest BCUT2D eigenvalue weighted by molar-refractivity contribution is 7.92. The van der Waals surface area contributed by atoms with Gasteiger partial charge in [0, 0.05) is 17.6 Å². The number of hydrogen-bond donors (Lipinski definition) is 4. The van der Waals surface area contributed by atoms with Crippen LogP contribution in [0, 0.1) is 0 Å². The number of alkyl carbamates (subject to hydrolysis) is 1. The minimum atomic E-state index is -3.91. The Kier molecular flexibility index (Phi) is 13.3. The molecule has 3 aromatic rings. The van der Waals surface area contributed by atoms with Crippen molar-refractivity contribution in [2.45, 2.75) is 80.8 Å². The van der Waals surface area contributed by atoms with Crippen LogP contribution < -0.4 is 21.7 Å². The second-order valence-corrected chi connectivity index (χ2v) is 14.3. The molecule has 0 aliphatic heterocycles. The molecule has 5 N–H and O–H groups in total. The quantitative estimate of drug-likeness (QED) is 0.127. The Labute approximate surface area is 277 Å². The molecule has 2 amide bonds. The Morgan fingerprint density at radius 1 is 0.851 bits per heavy atom. The fraction of sp³-hybridized carbons (Fsp3) is 0.400. The maximum atomic E-state index is 13.8. The number of anilines is 1. The fourth-order valence-electron chi connectivity index (χ4n) is 5.35. The molecule has 0 aliphatic carbocycles. The van der Waals surface area contributed by atoms with Crippen LogP contribution in [-0.4, -0.2) is 63.1 Å². The zero-order valence-corrected chi connectivity index (χ0v) is 28.4. The van der Waals surface area contributed by atoms with Crippen LogP contribution in [0.3, 0.4) is 0 Å². The molecule has 3 atom stereocenters. The lowest BCUT2D eigenvalue weighted by molar-refractivity contribution is -0.146. The van der Waals surface area contributed by atoms with Gasteiger partial charge in [-0.15, -0.1) is 0 Å². The summed E-state index contributed by atoms with van der Waals surface area (Å²) >= 11 is 0. The van der Waals surface area contributed by atoms with Crippen molar-refractivity contribution in [3.8, 4) is 0 Å². The average Bonchev–Trinajstić information content (AvgIpc) is 3.05. The number of carbonyl (C=O) groups excluding carboxylic acids is 3. The van der Waals surface area contributed by atoms with Gasteiger partial charge in [0.2, 0.25) is 5.91 Å². The molecule has 3 aromatic carbocycles. The molecular formula is C35H46N4O7S. The monoisotopic (exact) mass is 666 g/mol.